The van der Waals surface area contributed by atoms with Crippen molar-refractivity contribution in [3.63, 3.8) is 0 Å². The monoisotopic (exact) mass is 358 g/mol. The number of benzene rings is 1. The quantitative estimate of drug-likeness (QED) is 0.866. The van der Waals surface area contributed by atoms with Gasteiger partial charge in [-0.2, -0.15) is 0 Å². The summed E-state index contributed by atoms with van der Waals surface area (Å²) in [6, 6.07) is 5.76. The molecule has 140 valence electrons. The van der Waals surface area contributed by atoms with Gasteiger partial charge in [-0.25, -0.2) is 14.2 Å². The summed E-state index contributed by atoms with van der Waals surface area (Å²) in [6.07, 6.45) is 11.7. The fourth-order valence-electron chi connectivity index (χ4n) is 3.57. The van der Waals surface area contributed by atoms with Crippen LogP contribution in [0.1, 0.15) is 62.4 Å². The number of aromatic nitrogens is 2. The molecule has 26 heavy (non-hydrogen) atoms. The molecule has 2 amide bonds. The van der Waals surface area contributed by atoms with Crippen LogP contribution in [-0.2, 0) is 7.05 Å². The Kier molecular flexibility index (Phi) is 6.26. The van der Waals surface area contributed by atoms with Crippen molar-refractivity contribution in [1.82, 2.24) is 20.2 Å². The summed E-state index contributed by atoms with van der Waals surface area (Å²) in [5, 5.41) is 6.14. The lowest BCUT2D eigenvalue weighted by molar-refractivity contribution is 0.231. The van der Waals surface area contributed by atoms with Gasteiger partial charge in [0.25, 0.3) is 0 Å². The van der Waals surface area contributed by atoms with E-state index in [0.717, 1.165) is 31.2 Å². The number of amides is 2. The lowest BCUT2D eigenvalue weighted by Crippen LogP contribution is -2.44. The third-order valence-electron chi connectivity index (χ3n) is 5.04. The molecule has 1 saturated carbocycles. The Labute approximate surface area is 154 Å². The molecule has 1 aliphatic rings. The number of nitrogens with one attached hydrogen (secondary N) is 2. The highest BCUT2D eigenvalue weighted by Crippen LogP contribution is 2.21. The van der Waals surface area contributed by atoms with Crippen LogP contribution in [0.25, 0.3) is 0 Å². The lowest BCUT2D eigenvalue weighted by atomic mass is 9.97. The molecule has 0 aliphatic heterocycles. The fraction of sp³-hybridized carbons (Fsp3) is 0.500. The molecule has 0 saturated heterocycles. The van der Waals surface area contributed by atoms with Gasteiger partial charge in [-0.3, -0.25) is 0 Å². The molecular weight excluding hydrogens is 331 g/mol. The molecule has 2 N–H and O–H groups in total. The molecule has 1 atom stereocenters. The van der Waals surface area contributed by atoms with E-state index in [1.807, 2.05) is 17.8 Å². The number of hydrogen-bond acceptors (Lipinski definition) is 2. The zero-order valence-electron chi connectivity index (χ0n) is 15.2. The Hall–Kier alpha value is -2.37. The first-order valence-electron chi connectivity index (χ1n) is 9.43. The van der Waals surface area contributed by atoms with Crippen molar-refractivity contribution in [2.24, 2.45) is 7.05 Å². The van der Waals surface area contributed by atoms with E-state index in [0.29, 0.717) is 5.82 Å². The van der Waals surface area contributed by atoms with Gasteiger partial charge < -0.3 is 15.2 Å². The average molecular weight is 358 g/mol. The molecule has 1 aromatic heterocycles. The lowest BCUT2D eigenvalue weighted by Gasteiger charge is -2.24. The molecule has 5 nitrogen and oxygen atoms in total. The third kappa shape index (κ3) is 4.84. The van der Waals surface area contributed by atoms with E-state index in [9.17, 15) is 9.18 Å². The molecule has 0 bridgehead atoms. The maximum atomic E-state index is 13.3. The minimum absolute atomic E-state index is 0.201. The van der Waals surface area contributed by atoms with Crippen molar-refractivity contribution >= 4 is 6.03 Å². The van der Waals surface area contributed by atoms with Crippen molar-refractivity contribution in [1.29, 1.82) is 0 Å². The van der Waals surface area contributed by atoms with Crippen molar-refractivity contribution < 1.29 is 9.18 Å². The second-order valence-electron chi connectivity index (χ2n) is 7.04. The topological polar surface area (TPSA) is 59.0 Å². The first kappa shape index (κ1) is 18.4. The molecule has 1 aliphatic carbocycles. The summed E-state index contributed by atoms with van der Waals surface area (Å²) in [5.74, 6) is 0.413. The molecule has 1 heterocycles. The second kappa shape index (κ2) is 8.83. The third-order valence-corrected chi connectivity index (χ3v) is 5.04. The number of imidazole rings is 1. The Morgan fingerprint density at radius 1 is 1.15 bits per heavy atom. The number of halogens is 1. The summed E-state index contributed by atoms with van der Waals surface area (Å²) >= 11 is 0. The van der Waals surface area contributed by atoms with Gasteiger partial charge in [0.2, 0.25) is 0 Å². The molecule has 0 spiro atoms. The summed E-state index contributed by atoms with van der Waals surface area (Å²) in [7, 11) is 1.88. The van der Waals surface area contributed by atoms with Crippen LogP contribution in [0, 0.1) is 5.82 Å². The number of nitrogens with zero attached hydrogens (tertiary/aromatic N) is 2. The largest absolute Gasteiger partial charge is 0.336 e. The first-order valence-corrected chi connectivity index (χ1v) is 9.43. The van der Waals surface area contributed by atoms with Crippen LogP contribution in [0.4, 0.5) is 9.18 Å². The SMILES string of the molecule is Cn1ccnc1[C@@H](NC(=O)NC1CCCCCCC1)c1ccc(F)cc1. The number of urea groups is 1. The Morgan fingerprint density at radius 3 is 2.42 bits per heavy atom. The van der Waals surface area contributed by atoms with Crippen LogP contribution in [0.5, 0.6) is 0 Å². The molecule has 1 fully saturated rings. The van der Waals surface area contributed by atoms with E-state index in [1.54, 1.807) is 18.3 Å². The minimum Gasteiger partial charge on any atom is -0.336 e. The standard InChI is InChI=1S/C20H27FN4O/c1-25-14-13-22-19(25)18(15-9-11-16(21)12-10-15)24-20(26)23-17-7-5-3-2-4-6-8-17/h9-14,17-18H,2-8H2,1H3,(H2,23,24,26)/t18-/m0/s1. The van der Waals surface area contributed by atoms with Gasteiger partial charge >= 0.3 is 6.03 Å². The molecule has 3 rings (SSSR count). The highest BCUT2D eigenvalue weighted by Gasteiger charge is 2.22. The highest BCUT2D eigenvalue weighted by molar-refractivity contribution is 5.75. The maximum absolute atomic E-state index is 13.3. The van der Waals surface area contributed by atoms with Gasteiger partial charge in [0.1, 0.15) is 17.7 Å². The fourth-order valence-corrected chi connectivity index (χ4v) is 3.57. The summed E-state index contributed by atoms with van der Waals surface area (Å²) in [4.78, 5) is 17.0. The van der Waals surface area contributed by atoms with Crippen molar-refractivity contribution in [3.8, 4) is 0 Å². The van der Waals surface area contributed by atoms with Gasteiger partial charge in [-0.15, -0.1) is 0 Å². The summed E-state index contributed by atoms with van der Waals surface area (Å²) in [5.41, 5.74) is 0.800. The number of carbonyl (C=O) groups excluding carboxylic acids is 1. The molecular formula is C20H27FN4O. The van der Waals surface area contributed by atoms with Gasteiger partial charge in [0.15, 0.2) is 0 Å². The molecule has 1 aromatic carbocycles. The second-order valence-corrected chi connectivity index (χ2v) is 7.04. The highest BCUT2D eigenvalue weighted by atomic mass is 19.1. The predicted molar refractivity (Wildman–Crippen MR) is 99.2 cm³/mol. The zero-order valence-corrected chi connectivity index (χ0v) is 15.2. The van der Waals surface area contributed by atoms with E-state index < -0.39 is 6.04 Å². The summed E-state index contributed by atoms with van der Waals surface area (Å²) in [6.45, 7) is 0. The van der Waals surface area contributed by atoms with E-state index in [4.69, 9.17) is 0 Å². The summed E-state index contributed by atoms with van der Waals surface area (Å²) < 4.78 is 15.2. The zero-order chi connectivity index (χ0) is 18.4. The van der Waals surface area contributed by atoms with Crippen LogP contribution in [0.2, 0.25) is 0 Å². The van der Waals surface area contributed by atoms with Crippen molar-refractivity contribution in [3.05, 3.63) is 53.9 Å². The molecule has 2 aromatic rings. The predicted octanol–water partition coefficient (Wildman–Crippen LogP) is 4.06. The van der Waals surface area contributed by atoms with E-state index in [2.05, 4.69) is 15.6 Å². The normalized spacial score (nSPS) is 17.2. The van der Waals surface area contributed by atoms with Crippen LogP contribution < -0.4 is 10.6 Å². The van der Waals surface area contributed by atoms with E-state index in [1.165, 1.54) is 31.4 Å². The van der Waals surface area contributed by atoms with Crippen LogP contribution in [0.15, 0.2) is 36.7 Å². The smallest absolute Gasteiger partial charge is 0.315 e. The van der Waals surface area contributed by atoms with Crippen LogP contribution in [-0.4, -0.2) is 21.6 Å². The van der Waals surface area contributed by atoms with E-state index in [-0.39, 0.29) is 17.9 Å². The number of aryl methyl sites for hydroxylation is 1. The first-order chi connectivity index (χ1) is 12.6. The Morgan fingerprint density at radius 2 is 1.81 bits per heavy atom. The van der Waals surface area contributed by atoms with Gasteiger partial charge in [-0.05, 0) is 30.5 Å². The molecule has 6 heteroatoms. The van der Waals surface area contributed by atoms with Crippen molar-refractivity contribution in [2.75, 3.05) is 0 Å². The molecule has 0 radical (unpaired) electrons. The van der Waals surface area contributed by atoms with Crippen molar-refractivity contribution in [2.45, 2.75) is 57.0 Å². The van der Waals surface area contributed by atoms with E-state index >= 15 is 0 Å². The van der Waals surface area contributed by atoms with Crippen LogP contribution >= 0.6 is 0 Å². The Balaban J connectivity index is 1.71. The minimum atomic E-state index is -0.427. The average Bonchev–Trinajstić information content (AvgIpc) is 3.02. The van der Waals surface area contributed by atoms with Gasteiger partial charge in [-0.1, -0.05) is 44.2 Å². The molecule has 0 unspecified atom stereocenters. The Bertz CT molecular complexity index is 705. The number of carbonyl (C=O) groups is 1. The maximum Gasteiger partial charge on any atom is 0.315 e. The van der Waals surface area contributed by atoms with Gasteiger partial charge in [0, 0.05) is 25.5 Å². The van der Waals surface area contributed by atoms with Crippen LogP contribution in [0.3, 0.4) is 0 Å². The van der Waals surface area contributed by atoms with Gasteiger partial charge in [0.05, 0.1) is 0 Å². The number of rotatable bonds is 4. The number of hydrogen-bond donors (Lipinski definition) is 2.